The van der Waals surface area contributed by atoms with Crippen LogP contribution in [0.1, 0.15) is 43.5 Å². The summed E-state index contributed by atoms with van der Waals surface area (Å²) in [4.78, 5) is 11.5. The van der Waals surface area contributed by atoms with E-state index in [1.165, 1.54) is 12.8 Å². The fourth-order valence-electron chi connectivity index (χ4n) is 4.40. The van der Waals surface area contributed by atoms with Gasteiger partial charge < -0.3 is 9.47 Å². The number of rotatable bonds is 4. The van der Waals surface area contributed by atoms with E-state index in [9.17, 15) is 0 Å². The van der Waals surface area contributed by atoms with Crippen molar-refractivity contribution in [3.05, 3.63) is 55.0 Å². The molecule has 1 aliphatic heterocycles. The normalized spacial score (nSPS) is 19.7. The van der Waals surface area contributed by atoms with Crippen LogP contribution in [-0.4, -0.2) is 47.6 Å². The molecule has 3 aromatic heterocycles. The topological polar surface area (TPSA) is 77.5 Å². The van der Waals surface area contributed by atoms with E-state index in [1.807, 2.05) is 47.5 Å². The van der Waals surface area contributed by atoms with Crippen molar-refractivity contribution in [3.8, 4) is 5.69 Å². The molecule has 0 radical (unpaired) electrons. The van der Waals surface area contributed by atoms with E-state index in [-0.39, 0.29) is 0 Å². The Balaban J connectivity index is 1.34. The van der Waals surface area contributed by atoms with Gasteiger partial charge in [0.2, 0.25) is 0 Å². The molecule has 8 heteroatoms. The number of piperidine rings is 1. The number of benzene rings is 1. The predicted molar refractivity (Wildman–Crippen MR) is 109 cm³/mol. The molecule has 6 rings (SSSR count). The molecule has 4 aromatic rings. The summed E-state index contributed by atoms with van der Waals surface area (Å²) in [5.41, 5.74) is 1.84. The number of para-hydroxylation sites is 1. The van der Waals surface area contributed by atoms with E-state index < -0.39 is 0 Å². The second-order valence-corrected chi connectivity index (χ2v) is 7.94. The number of anilines is 1. The van der Waals surface area contributed by atoms with Crippen molar-refractivity contribution >= 4 is 16.9 Å². The van der Waals surface area contributed by atoms with Crippen LogP contribution in [0.5, 0.6) is 0 Å². The monoisotopic (exact) mass is 386 g/mol. The summed E-state index contributed by atoms with van der Waals surface area (Å²) in [5.74, 6) is 2.46. The van der Waals surface area contributed by atoms with E-state index in [4.69, 9.17) is 0 Å². The van der Waals surface area contributed by atoms with Crippen LogP contribution in [0.3, 0.4) is 0 Å². The van der Waals surface area contributed by atoms with Gasteiger partial charge in [-0.25, -0.2) is 14.6 Å². The van der Waals surface area contributed by atoms with Crippen LogP contribution in [0.15, 0.2) is 49.2 Å². The Bertz CT molecular complexity index is 1140. The zero-order chi connectivity index (χ0) is 19.2. The average molecular weight is 386 g/mol. The molecule has 1 unspecified atom stereocenters. The molecule has 1 aliphatic carbocycles. The Morgan fingerprint density at radius 1 is 1.00 bits per heavy atom. The van der Waals surface area contributed by atoms with E-state index in [0.29, 0.717) is 12.0 Å². The van der Waals surface area contributed by atoms with Gasteiger partial charge in [-0.15, -0.1) is 10.2 Å². The lowest BCUT2D eigenvalue weighted by atomic mass is 9.97. The Morgan fingerprint density at radius 3 is 2.76 bits per heavy atom. The van der Waals surface area contributed by atoms with Crippen LogP contribution >= 0.6 is 0 Å². The highest BCUT2D eigenvalue weighted by Crippen LogP contribution is 2.38. The van der Waals surface area contributed by atoms with Crippen LogP contribution in [0, 0.1) is 0 Å². The van der Waals surface area contributed by atoms with Crippen molar-refractivity contribution in [1.82, 2.24) is 34.5 Å². The third-order valence-corrected chi connectivity index (χ3v) is 5.97. The first-order valence-electron chi connectivity index (χ1n) is 10.3. The minimum atomic E-state index is 0.376. The molecule has 0 N–H and O–H groups in total. The molecule has 4 heterocycles. The number of hydrogen-bond donors (Lipinski definition) is 0. The fourth-order valence-corrected chi connectivity index (χ4v) is 4.40. The molecule has 8 nitrogen and oxygen atoms in total. The number of nitrogens with zero attached hydrogens (tertiary/aromatic N) is 8. The first kappa shape index (κ1) is 16.6. The lowest BCUT2D eigenvalue weighted by molar-refractivity contribution is 0.469. The van der Waals surface area contributed by atoms with Gasteiger partial charge in [0.1, 0.15) is 24.3 Å². The van der Waals surface area contributed by atoms with Crippen molar-refractivity contribution in [2.45, 2.75) is 37.6 Å². The number of hydrogen-bond acceptors (Lipinski definition) is 6. The van der Waals surface area contributed by atoms with Gasteiger partial charge in [0, 0.05) is 25.0 Å². The quantitative estimate of drug-likeness (QED) is 0.536. The molecule has 1 saturated carbocycles. The molecule has 1 aromatic carbocycles. The Morgan fingerprint density at radius 2 is 1.90 bits per heavy atom. The summed E-state index contributed by atoms with van der Waals surface area (Å²) in [6.45, 7) is 1.88. The van der Waals surface area contributed by atoms with Gasteiger partial charge in [0.15, 0.2) is 5.65 Å². The van der Waals surface area contributed by atoms with Crippen LogP contribution in [0.2, 0.25) is 0 Å². The van der Waals surface area contributed by atoms with Gasteiger partial charge in [-0.05, 0) is 37.8 Å². The highest BCUT2D eigenvalue weighted by molar-refractivity contribution is 5.87. The smallest absolute Gasteiger partial charge is 0.168 e. The van der Waals surface area contributed by atoms with E-state index in [0.717, 1.165) is 54.3 Å². The molecular weight excluding hydrogens is 364 g/mol. The summed E-state index contributed by atoms with van der Waals surface area (Å²) in [6.07, 6.45) is 10.2. The maximum Gasteiger partial charge on any atom is 0.168 e. The van der Waals surface area contributed by atoms with Gasteiger partial charge in [0.25, 0.3) is 0 Å². The highest BCUT2D eigenvalue weighted by Gasteiger charge is 2.32. The van der Waals surface area contributed by atoms with Gasteiger partial charge >= 0.3 is 0 Å². The molecule has 0 spiro atoms. The van der Waals surface area contributed by atoms with Crippen molar-refractivity contribution in [3.63, 3.8) is 0 Å². The molecule has 1 saturated heterocycles. The summed E-state index contributed by atoms with van der Waals surface area (Å²) in [7, 11) is 0. The van der Waals surface area contributed by atoms with Gasteiger partial charge in [-0.3, -0.25) is 0 Å². The maximum atomic E-state index is 4.64. The van der Waals surface area contributed by atoms with E-state index in [2.05, 4.69) is 34.7 Å². The first-order chi connectivity index (χ1) is 14.4. The standard InChI is InChI=1S/C21H22N8/c1-2-6-17(7-3-1)29-21-18(11-25-29)20(22-13-23-21)27-10-4-5-15(12-27)19-26-24-14-28(19)16-8-9-16/h1-3,6-7,11,13-16H,4-5,8-10,12H2. The lowest BCUT2D eigenvalue weighted by Gasteiger charge is -2.33. The lowest BCUT2D eigenvalue weighted by Crippen LogP contribution is -2.36. The molecule has 2 aliphatic rings. The Hall–Kier alpha value is -3.29. The van der Waals surface area contributed by atoms with Crippen molar-refractivity contribution in [2.75, 3.05) is 18.0 Å². The minimum Gasteiger partial charge on any atom is -0.355 e. The van der Waals surface area contributed by atoms with Crippen LogP contribution in [-0.2, 0) is 0 Å². The summed E-state index contributed by atoms with van der Waals surface area (Å²) < 4.78 is 4.17. The zero-order valence-electron chi connectivity index (χ0n) is 16.1. The molecule has 29 heavy (non-hydrogen) atoms. The second-order valence-electron chi connectivity index (χ2n) is 7.94. The van der Waals surface area contributed by atoms with Gasteiger partial charge in [-0.1, -0.05) is 18.2 Å². The van der Waals surface area contributed by atoms with Crippen molar-refractivity contribution < 1.29 is 0 Å². The Labute approximate surface area is 168 Å². The maximum absolute atomic E-state index is 4.64. The van der Waals surface area contributed by atoms with Gasteiger partial charge in [0.05, 0.1) is 17.3 Å². The minimum absolute atomic E-state index is 0.376. The molecule has 146 valence electrons. The molecule has 1 atom stereocenters. The molecule has 0 bridgehead atoms. The fraction of sp³-hybridized carbons (Fsp3) is 0.381. The largest absolute Gasteiger partial charge is 0.355 e. The summed E-state index contributed by atoms with van der Waals surface area (Å²) in [6, 6.07) is 10.7. The predicted octanol–water partition coefficient (Wildman–Crippen LogP) is 3.13. The molecular formula is C21H22N8. The summed E-state index contributed by atoms with van der Waals surface area (Å²) >= 11 is 0. The van der Waals surface area contributed by atoms with Crippen LogP contribution in [0.25, 0.3) is 16.7 Å². The average Bonchev–Trinajstić information content (AvgIpc) is 3.34. The third-order valence-electron chi connectivity index (χ3n) is 5.97. The Kier molecular flexibility index (Phi) is 3.82. The van der Waals surface area contributed by atoms with Crippen molar-refractivity contribution in [2.24, 2.45) is 0 Å². The van der Waals surface area contributed by atoms with Crippen molar-refractivity contribution in [1.29, 1.82) is 0 Å². The number of aromatic nitrogens is 7. The van der Waals surface area contributed by atoms with E-state index in [1.54, 1.807) is 6.33 Å². The molecule has 2 fully saturated rings. The SMILES string of the molecule is c1ccc(-n2ncc3c(N4CCCC(c5nncn5C5CC5)C4)ncnc32)cc1. The van der Waals surface area contributed by atoms with Crippen LogP contribution in [0.4, 0.5) is 5.82 Å². The van der Waals surface area contributed by atoms with Crippen LogP contribution < -0.4 is 4.90 Å². The van der Waals surface area contributed by atoms with Gasteiger partial charge in [-0.2, -0.15) is 5.10 Å². The molecule has 0 amide bonds. The number of fused-ring (bicyclic) bond motifs is 1. The summed E-state index contributed by atoms with van der Waals surface area (Å²) in [5, 5.41) is 14.3. The second kappa shape index (κ2) is 6.65. The highest BCUT2D eigenvalue weighted by atomic mass is 15.3. The third kappa shape index (κ3) is 2.86. The first-order valence-corrected chi connectivity index (χ1v) is 10.3. The zero-order valence-corrected chi connectivity index (χ0v) is 16.1. The van der Waals surface area contributed by atoms with E-state index >= 15 is 0 Å².